The van der Waals surface area contributed by atoms with Crippen molar-refractivity contribution in [3.63, 3.8) is 0 Å². The van der Waals surface area contributed by atoms with Gasteiger partial charge in [0.25, 0.3) is 5.91 Å². The van der Waals surface area contributed by atoms with E-state index in [1.807, 2.05) is 0 Å². The number of alkyl halides is 3. The van der Waals surface area contributed by atoms with Crippen molar-refractivity contribution in [3.05, 3.63) is 52.9 Å². The van der Waals surface area contributed by atoms with Crippen molar-refractivity contribution in [1.82, 2.24) is 15.1 Å². The van der Waals surface area contributed by atoms with E-state index in [-0.39, 0.29) is 38.1 Å². The number of aromatic nitrogens is 2. The topological polar surface area (TPSA) is 75.3 Å². The molecule has 1 fully saturated rings. The largest absolute Gasteiger partial charge is 0.466 e. The van der Waals surface area contributed by atoms with Crippen LogP contribution in [0.4, 0.5) is 22.0 Å². The molecule has 0 unspecified atom stereocenters. The molecule has 3 rings (SSSR count). The number of hydrogen-bond acceptors (Lipinski definition) is 4. The van der Waals surface area contributed by atoms with Gasteiger partial charge in [0.1, 0.15) is 17.3 Å². The molecule has 2 aromatic rings. The first-order valence-corrected chi connectivity index (χ1v) is 9.59. The average Bonchev–Trinajstić information content (AvgIpc) is 3.21. The fourth-order valence-corrected chi connectivity index (χ4v) is 3.74. The van der Waals surface area contributed by atoms with Gasteiger partial charge in [-0.25, -0.2) is 8.78 Å². The first kappa shape index (κ1) is 22.7. The number of benzene rings is 1. The van der Waals surface area contributed by atoms with Crippen LogP contribution in [-0.2, 0) is 22.1 Å². The van der Waals surface area contributed by atoms with Crippen molar-refractivity contribution < 1.29 is 36.3 Å². The van der Waals surface area contributed by atoms with Gasteiger partial charge in [-0.2, -0.15) is 18.3 Å². The van der Waals surface area contributed by atoms with E-state index in [2.05, 4.69) is 5.10 Å². The molecule has 1 aromatic carbocycles. The van der Waals surface area contributed by atoms with Crippen molar-refractivity contribution in [3.8, 4) is 0 Å². The second-order valence-electron chi connectivity index (χ2n) is 7.41. The third-order valence-electron chi connectivity index (χ3n) is 5.22. The zero-order valence-corrected chi connectivity index (χ0v) is 16.6. The number of halogens is 5. The molecule has 31 heavy (non-hydrogen) atoms. The lowest BCUT2D eigenvalue weighted by atomic mass is 9.74. The molecule has 1 saturated heterocycles. The third kappa shape index (κ3) is 4.86. The second kappa shape index (κ2) is 8.64. The minimum Gasteiger partial charge on any atom is -0.466 e. The van der Waals surface area contributed by atoms with Gasteiger partial charge in [0.05, 0.1) is 12.0 Å². The number of H-pyrrole nitrogens is 1. The van der Waals surface area contributed by atoms with Gasteiger partial charge in [-0.3, -0.25) is 14.7 Å². The van der Waals surface area contributed by atoms with E-state index in [0.717, 1.165) is 6.07 Å². The molecule has 0 spiro atoms. The van der Waals surface area contributed by atoms with Gasteiger partial charge in [-0.1, -0.05) is 6.07 Å². The Morgan fingerprint density at radius 1 is 1.26 bits per heavy atom. The Morgan fingerprint density at radius 3 is 2.61 bits per heavy atom. The highest BCUT2D eigenvalue weighted by Crippen LogP contribution is 2.37. The first-order chi connectivity index (χ1) is 14.6. The smallest absolute Gasteiger partial charge is 0.432 e. The van der Waals surface area contributed by atoms with Gasteiger partial charge in [-0.15, -0.1) is 0 Å². The van der Waals surface area contributed by atoms with Crippen LogP contribution in [-0.4, -0.2) is 46.7 Å². The van der Waals surface area contributed by atoms with Crippen LogP contribution in [0.15, 0.2) is 24.3 Å². The summed E-state index contributed by atoms with van der Waals surface area (Å²) in [7, 11) is 0. The molecule has 168 valence electrons. The fraction of sp³-hybridized carbons (Fsp3) is 0.450. The fourth-order valence-electron chi connectivity index (χ4n) is 3.74. The number of hydrogen-bond donors (Lipinski definition) is 1. The van der Waals surface area contributed by atoms with Crippen LogP contribution in [0.3, 0.4) is 0 Å². The number of esters is 1. The standard InChI is InChI=1S/C20H20F5N3O3/c1-2-31-18(30)19(10-12-4-5-13(21)8-14(12)22)6-3-7-28(11-19)17(29)15-9-16(27-26-15)20(23,24)25/h4-5,8-9H,2-3,6-7,10-11H2,1H3,(H,26,27)/t19-/m0/s1. The van der Waals surface area contributed by atoms with Gasteiger partial charge in [-0.05, 0) is 37.8 Å². The van der Waals surface area contributed by atoms with Crippen molar-refractivity contribution >= 4 is 11.9 Å². The molecule has 11 heteroatoms. The molecule has 0 saturated carbocycles. The molecule has 0 bridgehead atoms. The maximum atomic E-state index is 14.3. The molecule has 1 atom stereocenters. The maximum absolute atomic E-state index is 14.3. The number of likely N-dealkylation sites (tertiary alicyclic amines) is 1. The van der Waals surface area contributed by atoms with Gasteiger partial charge in [0.15, 0.2) is 5.69 Å². The molecular weight excluding hydrogens is 425 g/mol. The number of amides is 1. The predicted octanol–water partition coefficient (Wildman–Crippen LogP) is 3.73. The summed E-state index contributed by atoms with van der Waals surface area (Å²) in [6.45, 7) is 1.63. The summed E-state index contributed by atoms with van der Waals surface area (Å²) in [6.07, 6.45) is -4.25. The predicted molar refractivity (Wildman–Crippen MR) is 97.9 cm³/mol. The number of rotatable bonds is 5. The lowest BCUT2D eigenvalue weighted by Gasteiger charge is -2.41. The maximum Gasteiger partial charge on any atom is 0.432 e. The van der Waals surface area contributed by atoms with Crippen LogP contribution in [0.25, 0.3) is 0 Å². The average molecular weight is 445 g/mol. The molecule has 1 N–H and O–H groups in total. The zero-order valence-electron chi connectivity index (χ0n) is 16.6. The number of aromatic amines is 1. The molecule has 1 aromatic heterocycles. The molecule has 1 aliphatic rings. The number of carbonyl (C=O) groups is 2. The summed E-state index contributed by atoms with van der Waals surface area (Å²) in [5.41, 5.74) is -2.87. The van der Waals surface area contributed by atoms with Gasteiger partial charge in [0, 0.05) is 25.2 Å². The summed E-state index contributed by atoms with van der Waals surface area (Å²) in [4.78, 5) is 26.8. The molecule has 0 aliphatic carbocycles. The lowest BCUT2D eigenvalue weighted by Crippen LogP contribution is -2.51. The minimum atomic E-state index is -4.69. The molecule has 2 heterocycles. The Bertz CT molecular complexity index is 975. The Kier molecular flexibility index (Phi) is 6.33. The normalized spacial score (nSPS) is 19.4. The summed E-state index contributed by atoms with van der Waals surface area (Å²) < 4.78 is 71.1. The minimum absolute atomic E-state index is 0.0503. The molecule has 1 amide bonds. The Balaban J connectivity index is 1.89. The van der Waals surface area contributed by atoms with E-state index >= 15 is 0 Å². The van der Waals surface area contributed by atoms with Crippen LogP contribution in [0.1, 0.15) is 41.5 Å². The molecule has 0 radical (unpaired) electrons. The van der Waals surface area contributed by atoms with Gasteiger partial charge < -0.3 is 9.64 Å². The molecule has 6 nitrogen and oxygen atoms in total. The number of ether oxygens (including phenoxy) is 1. The van der Waals surface area contributed by atoms with Crippen LogP contribution >= 0.6 is 0 Å². The van der Waals surface area contributed by atoms with Crippen LogP contribution in [0, 0.1) is 17.0 Å². The summed E-state index contributed by atoms with van der Waals surface area (Å²) in [5.74, 6) is -3.06. The quantitative estimate of drug-likeness (QED) is 0.562. The number of carbonyl (C=O) groups excluding carboxylic acids is 2. The van der Waals surface area contributed by atoms with Crippen LogP contribution in [0.2, 0.25) is 0 Å². The Morgan fingerprint density at radius 2 is 2.00 bits per heavy atom. The Labute approximate surface area is 174 Å². The molecular formula is C20H20F5N3O3. The summed E-state index contributed by atoms with van der Waals surface area (Å²) in [5, 5.41) is 5.22. The monoisotopic (exact) mass is 445 g/mol. The van der Waals surface area contributed by atoms with Crippen molar-refractivity contribution in [1.29, 1.82) is 0 Å². The SMILES string of the molecule is CCOC(=O)[C@]1(Cc2ccc(F)cc2F)CCCN(C(=O)c2cc(C(F)(F)F)[nH]n2)C1. The van der Waals surface area contributed by atoms with Crippen LogP contribution in [0.5, 0.6) is 0 Å². The highest BCUT2D eigenvalue weighted by atomic mass is 19.4. The van der Waals surface area contributed by atoms with Crippen molar-refractivity contribution in [2.75, 3.05) is 19.7 Å². The third-order valence-corrected chi connectivity index (χ3v) is 5.22. The van der Waals surface area contributed by atoms with Crippen LogP contribution < -0.4 is 0 Å². The number of nitrogens with one attached hydrogen (secondary N) is 1. The molecule has 1 aliphatic heterocycles. The first-order valence-electron chi connectivity index (χ1n) is 9.59. The van der Waals surface area contributed by atoms with Gasteiger partial charge >= 0.3 is 12.1 Å². The van der Waals surface area contributed by atoms with E-state index < -0.39 is 46.5 Å². The van der Waals surface area contributed by atoms with Gasteiger partial charge in [0.2, 0.25) is 0 Å². The van der Waals surface area contributed by atoms with E-state index in [0.29, 0.717) is 18.6 Å². The highest BCUT2D eigenvalue weighted by Gasteiger charge is 2.46. The van der Waals surface area contributed by atoms with Crippen molar-refractivity contribution in [2.45, 2.75) is 32.4 Å². The van der Waals surface area contributed by atoms with E-state index in [4.69, 9.17) is 4.74 Å². The highest BCUT2D eigenvalue weighted by molar-refractivity contribution is 5.93. The number of nitrogens with zero attached hydrogens (tertiary/aromatic N) is 2. The van der Waals surface area contributed by atoms with E-state index in [9.17, 15) is 31.5 Å². The summed E-state index contributed by atoms with van der Waals surface area (Å²) in [6, 6.07) is 3.58. The summed E-state index contributed by atoms with van der Waals surface area (Å²) >= 11 is 0. The Hall–Kier alpha value is -2.98. The number of piperidine rings is 1. The lowest BCUT2D eigenvalue weighted by molar-refractivity contribution is -0.158. The van der Waals surface area contributed by atoms with Crippen molar-refractivity contribution in [2.24, 2.45) is 5.41 Å². The second-order valence-corrected chi connectivity index (χ2v) is 7.41. The van der Waals surface area contributed by atoms with E-state index in [1.54, 1.807) is 12.0 Å². The zero-order chi connectivity index (χ0) is 22.8. The van der Waals surface area contributed by atoms with E-state index in [1.165, 1.54) is 11.0 Å².